The summed E-state index contributed by atoms with van der Waals surface area (Å²) in [5, 5.41) is 11.1. The molecule has 0 unspecified atom stereocenters. The van der Waals surface area contributed by atoms with Crippen molar-refractivity contribution in [2.24, 2.45) is 11.7 Å². The van der Waals surface area contributed by atoms with Crippen LogP contribution < -0.4 is 20.7 Å². The van der Waals surface area contributed by atoms with E-state index < -0.39 is 0 Å². The maximum absolute atomic E-state index is 11.4. The lowest BCUT2D eigenvalue weighted by Crippen LogP contribution is -2.39. The molecule has 1 amide bonds. The first-order valence-corrected chi connectivity index (χ1v) is 8.67. The van der Waals surface area contributed by atoms with Crippen LogP contribution in [0.3, 0.4) is 0 Å². The van der Waals surface area contributed by atoms with Crippen LogP contribution in [-0.4, -0.2) is 51.3 Å². The zero-order valence-electron chi connectivity index (χ0n) is 14.8. The van der Waals surface area contributed by atoms with E-state index in [0.717, 1.165) is 16.6 Å². The lowest BCUT2D eigenvalue weighted by atomic mass is 9.96. The fourth-order valence-corrected chi connectivity index (χ4v) is 3.15. The fourth-order valence-electron chi connectivity index (χ4n) is 3.15. The number of amides is 1. The molecule has 1 aromatic carbocycles. The van der Waals surface area contributed by atoms with Crippen LogP contribution in [0.25, 0.3) is 10.9 Å². The molecule has 4 rings (SSSR count). The molecule has 0 atom stereocenters. The number of fused-ring (bicyclic) bond motifs is 1. The third-order valence-corrected chi connectivity index (χ3v) is 4.66. The number of aromatic amines is 1. The summed E-state index contributed by atoms with van der Waals surface area (Å²) in [5.41, 5.74) is 7.18. The van der Waals surface area contributed by atoms with Gasteiger partial charge in [0.1, 0.15) is 0 Å². The Hall–Kier alpha value is -3.43. The summed E-state index contributed by atoms with van der Waals surface area (Å²) in [6, 6.07) is 6.02. The number of methoxy groups -OCH3 is 1. The highest BCUT2D eigenvalue weighted by atomic mass is 16.5. The van der Waals surface area contributed by atoms with E-state index in [1.807, 2.05) is 23.1 Å². The number of nitrogens with zero attached hydrogens (tertiary/aromatic N) is 5. The van der Waals surface area contributed by atoms with Gasteiger partial charge in [0.25, 0.3) is 0 Å². The number of aromatic nitrogens is 5. The van der Waals surface area contributed by atoms with Crippen LogP contribution in [0.4, 0.5) is 17.6 Å². The summed E-state index contributed by atoms with van der Waals surface area (Å²) in [6.45, 7) is 1.31. The van der Waals surface area contributed by atoms with Gasteiger partial charge in [-0.3, -0.25) is 9.89 Å². The number of hydrogen-bond acceptors (Lipinski definition) is 8. The van der Waals surface area contributed by atoms with E-state index in [9.17, 15) is 4.79 Å². The first-order valence-electron chi connectivity index (χ1n) is 8.67. The highest BCUT2D eigenvalue weighted by Gasteiger charge is 2.25. The molecule has 1 saturated heterocycles. The van der Waals surface area contributed by atoms with Crippen molar-refractivity contribution in [2.75, 3.05) is 30.4 Å². The quantitative estimate of drug-likeness (QED) is 0.611. The molecule has 10 nitrogen and oxygen atoms in total. The first-order chi connectivity index (χ1) is 13.1. The molecule has 140 valence electrons. The molecular formula is C17H20N8O2. The van der Waals surface area contributed by atoms with Crippen molar-refractivity contribution in [3.63, 3.8) is 0 Å². The third kappa shape index (κ3) is 3.59. The summed E-state index contributed by atoms with van der Waals surface area (Å²) in [6.07, 6.45) is 3.12. The number of carbonyl (C=O) groups is 1. The summed E-state index contributed by atoms with van der Waals surface area (Å²) in [7, 11) is 1.51. The van der Waals surface area contributed by atoms with Gasteiger partial charge in [-0.2, -0.15) is 20.1 Å². The molecule has 0 radical (unpaired) electrons. The van der Waals surface area contributed by atoms with Gasteiger partial charge in [-0.05, 0) is 31.0 Å². The number of rotatable bonds is 5. The molecule has 1 fully saturated rings. The Bertz CT molecular complexity index is 964. The highest BCUT2D eigenvalue weighted by Crippen LogP contribution is 2.24. The SMILES string of the molecule is COc1nc(Nc2ccc3[nH]ncc3c2)nc(N2CCC(C(N)=O)CC2)n1. The minimum Gasteiger partial charge on any atom is -0.467 e. The van der Waals surface area contributed by atoms with Gasteiger partial charge in [-0.15, -0.1) is 0 Å². The lowest BCUT2D eigenvalue weighted by Gasteiger charge is -2.30. The first kappa shape index (κ1) is 17.0. The van der Waals surface area contributed by atoms with E-state index in [-0.39, 0.29) is 17.8 Å². The summed E-state index contributed by atoms with van der Waals surface area (Å²) in [4.78, 5) is 26.5. The minimum atomic E-state index is -0.250. The van der Waals surface area contributed by atoms with E-state index in [2.05, 4.69) is 30.5 Å². The smallest absolute Gasteiger partial charge is 0.322 e. The monoisotopic (exact) mass is 368 g/mol. The van der Waals surface area contributed by atoms with Crippen LogP contribution in [0.2, 0.25) is 0 Å². The van der Waals surface area contributed by atoms with Crippen LogP contribution in [0, 0.1) is 5.92 Å². The van der Waals surface area contributed by atoms with E-state index in [1.165, 1.54) is 7.11 Å². The van der Waals surface area contributed by atoms with Crippen molar-refractivity contribution < 1.29 is 9.53 Å². The number of ether oxygens (including phenoxy) is 1. The predicted molar refractivity (Wildman–Crippen MR) is 99.9 cm³/mol. The van der Waals surface area contributed by atoms with Crippen molar-refractivity contribution in [3.8, 4) is 6.01 Å². The predicted octanol–water partition coefficient (Wildman–Crippen LogP) is 1.20. The summed E-state index contributed by atoms with van der Waals surface area (Å²) >= 11 is 0. The van der Waals surface area contributed by atoms with Gasteiger partial charge in [0.05, 0.1) is 18.8 Å². The van der Waals surface area contributed by atoms with E-state index in [0.29, 0.717) is 37.8 Å². The Morgan fingerprint density at radius 1 is 1.30 bits per heavy atom. The van der Waals surface area contributed by atoms with Crippen molar-refractivity contribution in [2.45, 2.75) is 12.8 Å². The normalized spacial score (nSPS) is 15.1. The Morgan fingerprint density at radius 2 is 2.11 bits per heavy atom. The Kier molecular flexibility index (Phi) is 4.45. The molecule has 4 N–H and O–H groups in total. The Labute approximate surface area is 155 Å². The van der Waals surface area contributed by atoms with Gasteiger partial charge in [-0.25, -0.2) is 0 Å². The Balaban J connectivity index is 1.56. The van der Waals surface area contributed by atoms with Crippen molar-refractivity contribution in [1.29, 1.82) is 0 Å². The number of nitrogens with two attached hydrogens (primary N) is 1. The van der Waals surface area contributed by atoms with Gasteiger partial charge in [0, 0.05) is 30.1 Å². The summed E-state index contributed by atoms with van der Waals surface area (Å²) in [5.74, 6) is 0.553. The molecule has 10 heteroatoms. The van der Waals surface area contributed by atoms with Crippen LogP contribution in [0.5, 0.6) is 6.01 Å². The largest absolute Gasteiger partial charge is 0.467 e. The molecule has 3 heterocycles. The molecule has 1 aliphatic heterocycles. The Morgan fingerprint density at radius 3 is 2.85 bits per heavy atom. The van der Waals surface area contributed by atoms with E-state index in [4.69, 9.17) is 10.5 Å². The van der Waals surface area contributed by atoms with E-state index >= 15 is 0 Å². The highest BCUT2D eigenvalue weighted by molar-refractivity contribution is 5.82. The topological polar surface area (TPSA) is 135 Å². The second-order valence-electron chi connectivity index (χ2n) is 6.41. The van der Waals surface area contributed by atoms with Crippen LogP contribution in [0.15, 0.2) is 24.4 Å². The number of nitrogens with one attached hydrogen (secondary N) is 2. The van der Waals surface area contributed by atoms with Crippen molar-refractivity contribution in [3.05, 3.63) is 24.4 Å². The second-order valence-corrected chi connectivity index (χ2v) is 6.41. The molecule has 27 heavy (non-hydrogen) atoms. The zero-order chi connectivity index (χ0) is 18.8. The number of carbonyl (C=O) groups excluding carboxylic acids is 1. The molecule has 0 aliphatic carbocycles. The van der Waals surface area contributed by atoms with Crippen LogP contribution in [-0.2, 0) is 4.79 Å². The molecule has 0 bridgehead atoms. The minimum absolute atomic E-state index is 0.0933. The molecule has 0 saturated carbocycles. The average Bonchev–Trinajstić information content (AvgIpc) is 3.15. The second kappa shape index (κ2) is 7.06. The lowest BCUT2D eigenvalue weighted by molar-refractivity contribution is -0.122. The third-order valence-electron chi connectivity index (χ3n) is 4.66. The number of H-pyrrole nitrogens is 1. The van der Waals surface area contributed by atoms with Gasteiger partial charge < -0.3 is 20.7 Å². The number of piperidine rings is 1. The zero-order valence-corrected chi connectivity index (χ0v) is 14.8. The maximum atomic E-state index is 11.4. The fraction of sp³-hybridized carbons (Fsp3) is 0.353. The molecule has 1 aliphatic rings. The average molecular weight is 368 g/mol. The number of anilines is 3. The number of benzene rings is 1. The van der Waals surface area contributed by atoms with Crippen molar-refractivity contribution >= 4 is 34.4 Å². The van der Waals surface area contributed by atoms with Crippen LogP contribution in [0.1, 0.15) is 12.8 Å². The van der Waals surface area contributed by atoms with Crippen LogP contribution >= 0.6 is 0 Å². The molecule has 2 aromatic heterocycles. The maximum Gasteiger partial charge on any atom is 0.322 e. The number of hydrogen-bond donors (Lipinski definition) is 3. The summed E-state index contributed by atoms with van der Waals surface area (Å²) < 4.78 is 5.22. The van der Waals surface area contributed by atoms with Gasteiger partial charge in [0.2, 0.25) is 17.8 Å². The molecule has 3 aromatic rings. The van der Waals surface area contributed by atoms with Gasteiger partial charge in [0.15, 0.2) is 0 Å². The van der Waals surface area contributed by atoms with E-state index in [1.54, 1.807) is 6.20 Å². The molecular weight excluding hydrogens is 348 g/mol. The standard InChI is InChI=1S/C17H20N8O2/c1-27-17-22-15(20-12-2-3-13-11(8-12)9-19-24-13)21-16(23-17)25-6-4-10(5-7-25)14(18)26/h2-3,8-10H,4-7H2,1H3,(H2,18,26)(H,19,24)(H,20,21,22,23). The van der Waals surface area contributed by atoms with Gasteiger partial charge >= 0.3 is 6.01 Å². The van der Waals surface area contributed by atoms with Crippen molar-refractivity contribution in [1.82, 2.24) is 25.1 Å². The molecule has 0 spiro atoms. The number of primary amides is 1. The van der Waals surface area contributed by atoms with Gasteiger partial charge in [-0.1, -0.05) is 0 Å².